The number of aliphatic hydroxyl groups excluding tert-OH is 2. The van der Waals surface area contributed by atoms with Gasteiger partial charge in [0.05, 0.1) is 13.2 Å². The fourth-order valence-electron chi connectivity index (χ4n) is 3.46. The van der Waals surface area contributed by atoms with Gasteiger partial charge in [-0.1, -0.05) is 6.92 Å². The number of carbonyl (C=O) groups excluding carboxylic acids is 1. The van der Waals surface area contributed by atoms with E-state index in [0.717, 1.165) is 23.7 Å². The number of aryl methyl sites for hydroxylation is 1. The summed E-state index contributed by atoms with van der Waals surface area (Å²) in [6, 6.07) is 5.73. The van der Waals surface area contributed by atoms with Crippen LogP contribution in [0.1, 0.15) is 35.0 Å². The first-order valence-corrected chi connectivity index (χ1v) is 8.28. The van der Waals surface area contributed by atoms with Crippen LogP contribution in [0.3, 0.4) is 0 Å². The maximum absolute atomic E-state index is 12.6. The molecule has 1 heterocycles. The zero-order valence-corrected chi connectivity index (χ0v) is 13.5. The Balaban J connectivity index is 1.95. The number of rotatable bonds is 5. The van der Waals surface area contributed by atoms with E-state index in [1.807, 2.05) is 18.2 Å². The molecule has 23 heavy (non-hydrogen) atoms. The molecular weight excluding hydrogens is 292 g/mol. The minimum absolute atomic E-state index is 0.106. The molecule has 1 aliphatic carbocycles. The number of nitrogens with zero attached hydrogens (tertiary/aromatic N) is 1. The predicted octanol–water partition coefficient (Wildman–Crippen LogP) is 1.72. The Morgan fingerprint density at radius 3 is 2.74 bits per heavy atom. The zero-order chi connectivity index (χ0) is 16.4. The summed E-state index contributed by atoms with van der Waals surface area (Å²) in [5, 5.41) is 19.3. The normalized spacial score (nSPS) is 17.3. The fourth-order valence-corrected chi connectivity index (χ4v) is 3.46. The van der Waals surface area contributed by atoms with Gasteiger partial charge in [-0.15, -0.1) is 0 Å². The number of hydrogen-bond acceptors (Lipinski definition) is 3. The summed E-state index contributed by atoms with van der Waals surface area (Å²) in [4.78, 5) is 17.6. The van der Waals surface area contributed by atoms with Crippen molar-refractivity contribution in [1.82, 2.24) is 9.88 Å². The molecule has 0 radical (unpaired) electrons. The summed E-state index contributed by atoms with van der Waals surface area (Å²) in [6.45, 7) is 2.52. The molecule has 1 aromatic carbocycles. The van der Waals surface area contributed by atoms with Gasteiger partial charge in [0.1, 0.15) is 0 Å². The Bertz CT molecular complexity index is 702. The highest BCUT2D eigenvalue weighted by atomic mass is 16.3. The summed E-state index contributed by atoms with van der Waals surface area (Å²) in [5.41, 5.74) is 4.32. The Kier molecular flexibility index (Phi) is 4.68. The summed E-state index contributed by atoms with van der Waals surface area (Å²) in [7, 11) is 0. The summed E-state index contributed by atoms with van der Waals surface area (Å²) in [5.74, 6) is 0.523. The van der Waals surface area contributed by atoms with E-state index in [2.05, 4.69) is 11.9 Å². The van der Waals surface area contributed by atoms with Crippen LogP contribution in [0.2, 0.25) is 0 Å². The number of amides is 1. The number of aromatic amines is 1. The van der Waals surface area contributed by atoms with Gasteiger partial charge in [0.25, 0.3) is 5.91 Å². The minimum atomic E-state index is -0.145. The van der Waals surface area contributed by atoms with Crippen molar-refractivity contribution in [3.63, 3.8) is 0 Å². The van der Waals surface area contributed by atoms with Crippen molar-refractivity contribution in [2.45, 2.75) is 26.2 Å². The molecule has 2 aromatic rings. The largest absolute Gasteiger partial charge is 0.395 e. The maximum atomic E-state index is 12.6. The van der Waals surface area contributed by atoms with Crippen molar-refractivity contribution in [3.05, 3.63) is 35.0 Å². The predicted molar refractivity (Wildman–Crippen MR) is 89.6 cm³/mol. The second-order valence-corrected chi connectivity index (χ2v) is 6.43. The number of aromatic nitrogens is 1. The van der Waals surface area contributed by atoms with Gasteiger partial charge in [-0.25, -0.2) is 0 Å². The molecule has 3 rings (SSSR count). The molecule has 1 amide bonds. The fraction of sp³-hybridized carbons (Fsp3) is 0.500. The zero-order valence-electron chi connectivity index (χ0n) is 13.5. The molecule has 1 atom stereocenters. The summed E-state index contributed by atoms with van der Waals surface area (Å²) in [6.07, 6.45) is 3.31. The minimum Gasteiger partial charge on any atom is -0.395 e. The van der Waals surface area contributed by atoms with E-state index in [1.165, 1.54) is 22.6 Å². The highest BCUT2D eigenvalue weighted by Crippen LogP contribution is 2.32. The first-order chi connectivity index (χ1) is 11.1. The van der Waals surface area contributed by atoms with Crippen molar-refractivity contribution in [3.8, 4) is 0 Å². The lowest BCUT2D eigenvalue weighted by Gasteiger charge is -2.21. The van der Waals surface area contributed by atoms with E-state index in [4.69, 9.17) is 10.2 Å². The van der Waals surface area contributed by atoms with E-state index in [1.54, 1.807) is 0 Å². The Morgan fingerprint density at radius 1 is 1.30 bits per heavy atom. The Labute approximate surface area is 135 Å². The average molecular weight is 316 g/mol. The molecule has 1 aromatic heterocycles. The molecule has 0 fully saturated rings. The number of H-pyrrole nitrogens is 1. The Hall–Kier alpha value is -1.85. The molecular formula is C18H24N2O3. The SMILES string of the molecule is CC1CCc2[nH]c3ccc(C(=O)N(CCO)CCO)cc3c2C1. The molecule has 1 unspecified atom stereocenters. The van der Waals surface area contributed by atoms with Crippen LogP contribution in [0.4, 0.5) is 0 Å². The van der Waals surface area contributed by atoms with E-state index < -0.39 is 0 Å². The molecule has 0 aliphatic heterocycles. The van der Waals surface area contributed by atoms with Crippen molar-refractivity contribution in [1.29, 1.82) is 0 Å². The third-order valence-electron chi connectivity index (χ3n) is 4.71. The van der Waals surface area contributed by atoms with Gasteiger partial charge in [0.2, 0.25) is 0 Å². The molecule has 3 N–H and O–H groups in total. The van der Waals surface area contributed by atoms with E-state index in [9.17, 15) is 4.79 Å². The van der Waals surface area contributed by atoms with E-state index in [0.29, 0.717) is 11.5 Å². The lowest BCUT2D eigenvalue weighted by Crippen LogP contribution is -2.35. The number of fused-ring (bicyclic) bond motifs is 3. The molecule has 0 bridgehead atoms. The monoisotopic (exact) mass is 316 g/mol. The highest BCUT2D eigenvalue weighted by molar-refractivity contribution is 5.99. The second-order valence-electron chi connectivity index (χ2n) is 6.43. The second kappa shape index (κ2) is 6.72. The number of hydrogen-bond donors (Lipinski definition) is 3. The van der Waals surface area contributed by atoms with Crippen molar-refractivity contribution < 1.29 is 15.0 Å². The maximum Gasteiger partial charge on any atom is 0.254 e. The van der Waals surface area contributed by atoms with Gasteiger partial charge >= 0.3 is 0 Å². The van der Waals surface area contributed by atoms with Crippen LogP contribution in [0, 0.1) is 5.92 Å². The van der Waals surface area contributed by atoms with Crippen molar-refractivity contribution >= 4 is 16.8 Å². The van der Waals surface area contributed by atoms with Crippen LogP contribution in [0.5, 0.6) is 0 Å². The smallest absolute Gasteiger partial charge is 0.254 e. The van der Waals surface area contributed by atoms with Crippen LogP contribution < -0.4 is 0 Å². The third-order valence-corrected chi connectivity index (χ3v) is 4.71. The standard InChI is InChI=1S/C18H24N2O3/c1-12-2-4-16-14(10-12)15-11-13(3-5-17(15)19-16)18(23)20(6-8-21)7-9-22/h3,5,11-12,19,21-22H,2,4,6-10H2,1H3. The lowest BCUT2D eigenvalue weighted by molar-refractivity contribution is 0.0685. The number of nitrogens with one attached hydrogen (secondary N) is 1. The van der Waals surface area contributed by atoms with Crippen molar-refractivity contribution in [2.75, 3.05) is 26.3 Å². The van der Waals surface area contributed by atoms with Crippen LogP contribution in [-0.2, 0) is 12.8 Å². The van der Waals surface area contributed by atoms with Gasteiger partial charge in [-0.3, -0.25) is 4.79 Å². The Morgan fingerprint density at radius 2 is 2.04 bits per heavy atom. The van der Waals surface area contributed by atoms with Gasteiger partial charge in [-0.05, 0) is 48.9 Å². The first-order valence-electron chi connectivity index (χ1n) is 8.28. The number of benzene rings is 1. The van der Waals surface area contributed by atoms with Crippen LogP contribution in [-0.4, -0.2) is 52.3 Å². The van der Waals surface area contributed by atoms with Crippen LogP contribution in [0.25, 0.3) is 10.9 Å². The van der Waals surface area contributed by atoms with Crippen molar-refractivity contribution in [2.24, 2.45) is 5.92 Å². The molecule has 124 valence electrons. The summed E-state index contributed by atoms with van der Waals surface area (Å²) < 4.78 is 0. The van der Waals surface area contributed by atoms with Gasteiger partial charge < -0.3 is 20.1 Å². The average Bonchev–Trinajstić information content (AvgIpc) is 2.91. The number of carbonyl (C=O) groups is 1. The first kappa shape index (κ1) is 16.0. The molecule has 1 aliphatic rings. The van der Waals surface area contributed by atoms with Crippen LogP contribution >= 0.6 is 0 Å². The number of aliphatic hydroxyl groups is 2. The molecule has 5 nitrogen and oxygen atoms in total. The molecule has 0 saturated heterocycles. The van der Waals surface area contributed by atoms with Crippen LogP contribution in [0.15, 0.2) is 18.2 Å². The molecule has 5 heteroatoms. The van der Waals surface area contributed by atoms with E-state index in [-0.39, 0.29) is 32.2 Å². The van der Waals surface area contributed by atoms with Gasteiger partial charge in [0, 0.05) is 35.2 Å². The molecule has 0 saturated carbocycles. The highest BCUT2D eigenvalue weighted by Gasteiger charge is 2.21. The molecule has 0 spiro atoms. The summed E-state index contributed by atoms with van der Waals surface area (Å²) >= 11 is 0. The third kappa shape index (κ3) is 3.12. The van der Waals surface area contributed by atoms with Gasteiger partial charge in [-0.2, -0.15) is 0 Å². The van der Waals surface area contributed by atoms with Gasteiger partial charge in [0.15, 0.2) is 0 Å². The topological polar surface area (TPSA) is 76.6 Å². The quantitative estimate of drug-likeness (QED) is 0.786. The lowest BCUT2D eigenvalue weighted by atomic mass is 9.87. The van der Waals surface area contributed by atoms with E-state index >= 15 is 0 Å².